The molecule has 2 aromatic heterocycles. The van der Waals surface area contributed by atoms with E-state index in [0.717, 1.165) is 0 Å². The van der Waals surface area contributed by atoms with Crippen molar-refractivity contribution < 1.29 is 22.6 Å². The number of aromatic amines is 1. The Hall–Kier alpha value is -3.08. The predicted molar refractivity (Wildman–Crippen MR) is 94.3 cm³/mol. The third kappa shape index (κ3) is 3.52. The van der Waals surface area contributed by atoms with Crippen LogP contribution in [0.1, 0.15) is 0 Å². The summed E-state index contributed by atoms with van der Waals surface area (Å²) in [5.74, 6) is -0.360. The maximum absolute atomic E-state index is 12.5. The summed E-state index contributed by atoms with van der Waals surface area (Å²) in [6.07, 6.45) is -4.80. The Labute approximate surface area is 156 Å². The van der Waals surface area contributed by atoms with E-state index < -0.39 is 6.36 Å². The van der Waals surface area contributed by atoms with Crippen LogP contribution in [0.3, 0.4) is 0 Å². The van der Waals surface area contributed by atoms with Gasteiger partial charge in [-0.2, -0.15) is 10.2 Å². The fraction of sp³-hybridized carbons (Fsp3) is 0.353. The van der Waals surface area contributed by atoms with Crippen molar-refractivity contribution in [3.63, 3.8) is 0 Å². The van der Waals surface area contributed by atoms with Crippen molar-refractivity contribution in [2.24, 2.45) is 7.05 Å². The molecule has 4 rings (SSSR count). The molecule has 1 fully saturated rings. The highest BCUT2D eigenvalue weighted by molar-refractivity contribution is 5.93. The number of ether oxygens (including phenoxy) is 2. The molecule has 0 aliphatic carbocycles. The standard InChI is InChI=1S/C17H16F3N5O3/c1-24-16(26)14(25-4-6-27-7-5-25)9-13(23-24)15-11-8-10(28-17(18,19)20)2-3-12(11)21-22-15/h2-3,8-9H,4-7H2,1H3,(H,21,22). The number of nitrogens with one attached hydrogen (secondary N) is 1. The number of morpholine rings is 1. The van der Waals surface area contributed by atoms with Crippen molar-refractivity contribution in [2.75, 3.05) is 31.2 Å². The topological polar surface area (TPSA) is 85.3 Å². The molecule has 0 saturated carbocycles. The zero-order valence-electron chi connectivity index (χ0n) is 14.8. The molecule has 0 spiro atoms. The third-order valence-corrected chi connectivity index (χ3v) is 4.41. The van der Waals surface area contributed by atoms with E-state index in [1.807, 2.05) is 4.90 Å². The Morgan fingerprint density at radius 2 is 1.96 bits per heavy atom. The van der Waals surface area contributed by atoms with Crippen LogP contribution in [0, 0.1) is 0 Å². The summed E-state index contributed by atoms with van der Waals surface area (Å²) in [6.45, 7) is 2.13. The first kappa shape index (κ1) is 18.3. The SMILES string of the molecule is Cn1nc(-c2n[nH]c3ccc(OC(F)(F)F)cc23)cc(N2CCOCC2)c1=O. The Kier molecular flexibility index (Phi) is 4.46. The van der Waals surface area contributed by atoms with E-state index in [2.05, 4.69) is 20.0 Å². The number of nitrogens with zero attached hydrogens (tertiary/aromatic N) is 4. The summed E-state index contributed by atoms with van der Waals surface area (Å²) in [4.78, 5) is 14.4. The maximum atomic E-state index is 12.5. The number of halogens is 3. The molecule has 8 nitrogen and oxygen atoms in total. The molecule has 28 heavy (non-hydrogen) atoms. The number of anilines is 1. The third-order valence-electron chi connectivity index (χ3n) is 4.41. The van der Waals surface area contributed by atoms with E-state index in [1.165, 1.54) is 29.9 Å². The van der Waals surface area contributed by atoms with E-state index in [4.69, 9.17) is 4.74 Å². The van der Waals surface area contributed by atoms with Crippen LogP contribution in [0.5, 0.6) is 5.75 Å². The lowest BCUT2D eigenvalue weighted by Gasteiger charge is -2.28. The normalized spacial score (nSPS) is 15.2. The van der Waals surface area contributed by atoms with Gasteiger partial charge in [0, 0.05) is 25.5 Å². The van der Waals surface area contributed by atoms with E-state index in [0.29, 0.717) is 54.3 Å². The highest BCUT2D eigenvalue weighted by atomic mass is 19.4. The van der Waals surface area contributed by atoms with Gasteiger partial charge in [-0.3, -0.25) is 9.89 Å². The lowest BCUT2D eigenvalue weighted by Crippen LogP contribution is -2.40. The molecule has 148 valence electrons. The van der Waals surface area contributed by atoms with Crippen LogP contribution < -0.4 is 15.2 Å². The second kappa shape index (κ2) is 6.82. The van der Waals surface area contributed by atoms with Crippen molar-refractivity contribution in [2.45, 2.75) is 6.36 Å². The van der Waals surface area contributed by atoms with Gasteiger partial charge in [-0.05, 0) is 24.3 Å². The van der Waals surface area contributed by atoms with E-state index in [1.54, 1.807) is 6.07 Å². The molecule has 11 heteroatoms. The minimum absolute atomic E-state index is 0.272. The first-order chi connectivity index (χ1) is 13.3. The number of benzene rings is 1. The Morgan fingerprint density at radius 3 is 2.68 bits per heavy atom. The Morgan fingerprint density at radius 1 is 1.21 bits per heavy atom. The van der Waals surface area contributed by atoms with Gasteiger partial charge in [0.1, 0.15) is 22.8 Å². The van der Waals surface area contributed by atoms with Crippen LogP contribution in [0.25, 0.3) is 22.3 Å². The van der Waals surface area contributed by atoms with Gasteiger partial charge < -0.3 is 14.4 Å². The van der Waals surface area contributed by atoms with Crippen molar-refractivity contribution in [3.8, 4) is 17.1 Å². The van der Waals surface area contributed by atoms with E-state index in [9.17, 15) is 18.0 Å². The van der Waals surface area contributed by atoms with Gasteiger partial charge in [0.2, 0.25) is 0 Å². The quantitative estimate of drug-likeness (QED) is 0.731. The molecule has 0 bridgehead atoms. The summed E-state index contributed by atoms with van der Waals surface area (Å²) in [7, 11) is 1.52. The molecule has 0 atom stereocenters. The molecule has 0 amide bonds. The van der Waals surface area contributed by atoms with Gasteiger partial charge >= 0.3 is 6.36 Å². The van der Waals surface area contributed by atoms with Crippen LogP contribution in [0.15, 0.2) is 29.1 Å². The smallest absolute Gasteiger partial charge is 0.406 e. The summed E-state index contributed by atoms with van der Waals surface area (Å²) in [6, 6.07) is 5.48. The van der Waals surface area contributed by atoms with Crippen molar-refractivity contribution in [3.05, 3.63) is 34.6 Å². The maximum Gasteiger partial charge on any atom is 0.573 e. The second-order valence-corrected chi connectivity index (χ2v) is 6.27. The number of aryl methyl sites for hydroxylation is 1. The molecular formula is C17H16F3N5O3. The molecule has 0 unspecified atom stereocenters. The fourth-order valence-electron chi connectivity index (χ4n) is 3.12. The monoisotopic (exact) mass is 395 g/mol. The van der Waals surface area contributed by atoms with Crippen LogP contribution in [0.4, 0.5) is 18.9 Å². The van der Waals surface area contributed by atoms with Gasteiger partial charge in [0.25, 0.3) is 5.56 Å². The number of rotatable bonds is 3. The number of H-pyrrole nitrogens is 1. The van der Waals surface area contributed by atoms with Gasteiger partial charge in [0.15, 0.2) is 0 Å². The summed E-state index contributed by atoms with van der Waals surface area (Å²) in [5, 5.41) is 11.6. The summed E-state index contributed by atoms with van der Waals surface area (Å²) >= 11 is 0. The van der Waals surface area contributed by atoms with Crippen molar-refractivity contribution in [1.29, 1.82) is 0 Å². The molecule has 1 aromatic carbocycles. The zero-order valence-corrected chi connectivity index (χ0v) is 14.8. The number of fused-ring (bicyclic) bond motifs is 1. The molecule has 1 N–H and O–H groups in total. The molecule has 1 saturated heterocycles. The first-order valence-corrected chi connectivity index (χ1v) is 8.47. The highest BCUT2D eigenvalue weighted by Gasteiger charge is 2.31. The highest BCUT2D eigenvalue weighted by Crippen LogP contribution is 2.31. The summed E-state index contributed by atoms with van der Waals surface area (Å²) < 4.78 is 48.1. The van der Waals surface area contributed by atoms with Crippen LogP contribution in [-0.4, -0.2) is 52.6 Å². The minimum atomic E-state index is -4.80. The second-order valence-electron chi connectivity index (χ2n) is 6.27. The van der Waals surface area contributed by atoms with Gasteiger partial charge in [-0.1, -0.05) is 0 Å². The zero-order chi connectivity index (χ0) is 19.9. The van der Waals surface area contributed by atoms with Gasteiger partial charge in [-0.25, -0.2) is 4.68 Å². The van der Waals surface area contributed by atoms with Crippen LogP contribution >= 0.6 is 0 Å². The summed E-state index contributed by atoms with van der Waals surface area (Å²) in [5.41, 5.74) is 1.38. The Balaban J connectivity index is 1.80. The minimum Gasteiger partial charge on any atom is -0.406 e. The molecule has 1 aliphatic heterocycles. The van der Waals surface area contributed by atoms with Crippen LogP contribution in [0.2, 0.25) is 0 Å². The molecular weight excluding hydrogens is 379 g/mol. The number of aromatic nitrogens is 4. The fourth-order valence-corrected chi connectivity index (χ4v) is 3.12. The average Bonchev–Trinajstić information content (AvgIpc) is 3.06. The largest absolute Gasteiger partial charge is 0.573 e. The van der Waals surface area contributed by atoms with E-state index in [-0.39, 0.29) is 11.3 Å². The lowest BCUT2D eigenvalue weighted by atomic mass is 10.1. The average molecular weight is 395 g/mol. The van der Waals surface area contributed by atoms with Gasteiger partial charge in [0.05, 0.1) is 18.7 Å². The van der Waals surface area contributed by atoms with Crippen molar-refractivity contribution >= 4 is 16.6 Å². The predicted octanol–water partition coefficient (Wildman–Crippen LogP) is 2.06. The van der Waals surface area contributed by atoms with Gasteiger partial charge in [-0.15, -0.1) is 13.2 Å². The molecule has 0 radical (unpaired) electrons. The number of hydrogen-bond donors (Lipinski definition) is 1. The number of alkyl halides is 3. The number of hydrogen-bond acceptors (Lipinski definition) is 6. The molecule has 3 heterocycles. The lowest BCUT2D eigenvalue weighted by molar-refractivity contribution is -0.274. The van der Waals surface area contributed by atoms with E-state index >= 15 is 0 Å². The molecule has 1 aliphatic rings. The van der Waals surface area contributed by atoms with Crippen LogP contribution in [-0.2, 0) is 11.8 Å². The molecule has 3 aromatic rings. The first-order valence-electron chi connectivity index (χ1n) is 8.47. The van der Waals surface area contributed by atoms with Crippen molar-refractivity contribution in [1.82, 2.24) is 20.0 Å². The Bertz CT molecular complexity index is 1070.